The number of hydrogen-bond acceptors (Lipinski definition) is 8. The summed E-state index contributed by atoms with van der Waals surface area (Å²) in [4.78, 5) is 47.7. The molecule has 0 N–H and O–H groups in total. The van der Waals surface area contributed by atoms with E-state index in [2.05, 4.69) is 86.3 Å². The summed E-state index contributed by atoms with van der Waals surface area (Å²) in [6.07, 6.45) is 9.72. The third-order valence-corrected chi connectivity index (χ3v) is 7.10. The molecule has 0 unspecified atom stereocenters. The van der Waals surface area contributed by atoms with E-state index < -0.39 is 23.9 Å². The molecule has 0 spiro atoms. The van der Waals surface area contributed by atoms with Gasteiger partial charge in [-0.25, -0.2) is 19.2 Å². The second-order valence-electron chi connectivity index (χ2n) is 11.7. The van der Waals surface area contributed by atoms with E-state index in [-0.39, 0.29) is 22.3 Å². The van der Waals surface area contributed by atoms with Crippen molar-refractivity contribution in [2.24, 2.45) is 0 Å². The van der Waals surface area contributed by atoms with Gasteiger partial charge in [-0.2, -0.15) is 0 Å². The molecule has 0 fully saturated rings. The molecule has 54 heavy (non-hydrogen) atoms. The predicted molar refractivity (Wildman–Crippen MR) is 205 cm³/mol. The van der Waals surface area contributed by atoms with Crippen LogP contribution < -0.4 is 0 Å². The molecule has 0 aromatic heterocycles. The predicted octanol–water partition coefficient (Wildman–Crippen LogP) is 7.08. The average Bonchev–Trinajstić information content (AvgIpc) is 3.13. The first-order valence-electron chi connectivity index (χ1n) is 16.0. The first-order valence-corrected chi connectivity index (χ1v) is 16.0. The van der Waals surface area contributed by atoms with Gasteiger partial charge in [-0.15, -0.1) is 0 Å². The van der Waals surface area contributed by atoms with Crippen molar-refractivity contribution in [2.75, 3.05) is 0 Å². The van der Waals surface area contributed by atoms with Crippen LogP contribution in [0.1, 0.15) is 72.2 Å². The Hall–Kier alpha value is -7.70. The molecule has 266 valence electrons. The lowest BCUT2D eigenvalue weighted by Crippen LogP contribution is -2.04. The van der Waals surface area contributed by atoms with Crippen LogP contribution in [0, 0.1) is 73.8 Å². The largest absolute Gasteiger partial charge is 0.368 e. The first kappa shape index (κ1) is 40.7. The Morgan fingerprint density at radius 1 is 0.426 bits per heavy atom. The van der Waals surface area contributed by atoms with Gasteiger partial charge in [0.2, 0.25) is 0 Å². The van der Waals surface area contributed by atoms with E-state index >= 15 is 0 Å². The Labute approximate surface area is 315 Å². The van der Waals surface area contributed by atoms with Crippen molar-refractivity contribution in [3.63, 3.8) is 0 Å². The van der Waals surface area contributed by atoms with E-state index in [1.165, 1.54) is 27.7 Å². The van der Waals surface area contributed by atoms with E-state index in [0.717, 1.165) is 0 Å². The SMILES string of the molecule is C=C(C)C(=O)OC#Cc1ccc(C#Cc2c(C)c(C#COC(=O)C(=C)C)c(-c3ccc(C#COC(=O)C(=C)C)cc3)c(C)c2C#COC(=O)C(=C)C)cc1. The Bertz CT molecular complexity index is 2430. The zero-order chi connectivity index (χ0) is 39.9. The molecule has 8 nitrogen and oxygen atoms in total. The molecule has 3 rings (SSSR count). The van der Waals surface area contributed by atoms with Crippen molar-refractivity contribution in [1.29, 1.82) is 0 Å². The summed E-state index contributed by atoms with van der Waals surface area (Å²) in [6, 6.07) is 14.0. The van der Waals surface area contributed by atoms with Crippen LogP contribution >= 0.6 is 0 Å². The van der Waals surface area contributed by atoms with Gasteiger partial charge in [0, 0.05) is 61.2 Å². The van der Waals surface area contributed by atoms with Gasteiger partial charge >= 0.3 is 23.9 Å². The van der Waals surface area contributed by atoms with E-state index in [9.17, 15) is 19.2 Å². The highest BCUT2D eigenvalue weighted by atomic mass is 16.5. The Morgan fingerprint density at radius 3 is 1.13 bits per heavy atom. The van der Waals surface area contributed by atoms with E-state index in [4.69, 9.17) is 18.9 Å². The summed E-state index contributed by atoms with van der Waals surface area (Å²) in [6.45, 7) is 23.9. The fourth-order valence-electron chi connectivity index (χ4n) is 4.18. The molecule has 0 saturated heterocycles. The number of carbonyl (C=O) groups excluding carboxylic acids is 4. The third-order valence-electron chi connectivity index (χ3n) is 7.10. The van der Waals surface area contributed by atoms with Crippen LogP contribution in [0.25, 0.3) is 11.1 Å². The lowest BCUT2D eigenvalue weighted by molar-refractivity contribution is -0.133. The number of esters is 4. The van der Waals surface area contributed by atoms with Crippen LogP contribution in [0.15, 0.2) is 97.1 Å². The molecule has 0 atom stereocenters. The van der Waals surface area contributed by atoms with E-state index in [1.807, 2.05) is 6.92 Å². The molecule has 0 saturated carbocycles. The van der Waals surface area contributed by atoms with Crippen LogP contribution in [0.3, 0.4) is 0 Å². The van der Waals surface area contributed by atoms with Crippen molar-refractivity contribution >= 4 is 23.9 Å². The molecule has 0 aliphatic carbocycles. The molecular weight excluding hydrogens is 680 g/mol. The second kappa shape index (κ2) is 19.1. The molecule has 0 amide bonds. The van der Waals surface area contributed by atoms with Gasteiger partial charge in [0.05, 0.1) is 0 Å². The van der Waals surface area contributed by atoms with Crippen molar-refractivity contribution in [2.45, 2.75) is 41.5 Å². The molecule has 0 bridgehead atoms. The average molecular weight is 715 g/mol. The van der Waals surface area contributed by atoms with Crippen LogP contribution in [0.4, 0.5) is 0 Å². The Kier molecular flexibility index (Phi) is 14.4. The zero-order valence-corrected chi connectivity index (χ0v) is 30.7. The van der Waals surface area contributed by atoms with Crippen LogP contribution in [-0.4, -0.2) is 23.9 Å². The summed E-state index contributed by atoms with van der Waals surface area (Å²) < 4.78 is 20.0. The molecule has 0 heterocycles. The Morgan fingerprint density at radius 2 is 0.741 bits per heavy atom. The van der Waals surface area contributed by atoms with Crippen molar-refractivity contribution in [1.82, 2.24) is 0 Å². The van der Waals surface area contributed by atoms with Crippen molar-refractivity contribution in [3.8, 4) is 71.1 Å². The van der Waals surface area contributed by atoms with Crippen molar-refractivity contribution < 1.29 is 38.1 Å². The smallest absolute Gasteiger partial charge is 0.347 e. The number of hydrogen-bond donors (Lipinski definition) is 0. The summed E-state index contributed by atoms with van der Waals surface area (Å²) in [5.41, 5.74) is 6.54. The fraction of sp³-hybridized carbons (Fsp3) is 0.130. The molecular formula is C46H34O8. The van der Waals surface area contributed by atoms with Gasteiger partial charge in [0.15, 0.2) is 0 Å². The Balaban J connectivity index is 2.24. The molecule has 0 radical (unpaired) electrons. The lowest BCUT2D eigenvalue weighted by Gasteiger charge is -2.17. The monoisotopic (exact) mass is 714 g/mol. The van der Waals surface area contributed by atoms with Gasteiger partial charge in [-0.3, -0.25) is 0 Å². The quantitative estimate of drug-likeness (QED) is 0.120. The molecule has 0 aliphatic heterocycles. The molecule has 3 aromatic rings. The minimum Gasteiger partial charge on any atom is -0.368 e. The van der Waals surface area contributed by atoms with Gasteiger partial charge < -0.3 is 18.9 Å². The first-order chi connectivity index (χ1) is 25.6. The fourth-order valence-corrected chi connectivity index (χ4v) is 4.18. The highest BCUT2D eigenvalue weighted by molar-refractivity contribution is 5.89. The van der Waals surface area contributed by atoms with Crippen LogP contribution in [0.2, 0.25) is 0 Å². The topological polar surface area (TPSA) is 105 Å². The maximum absolute atomic E-state index is 12.2. The minimum atomic E-state index is -0.685. The maximum Gasteiger partial charge on any atom is 0.347 e. The van der Waals surface area contributed by atoms with Crippen LogP contribution in [-0.2, 0) is 38.1 Å². The summed E-state index contributed by atoms with van der Waals surface area (Å²) in [7, 11) is 0. The zero-order valence-electron chi connectivity index (χ0n) is 30.7. The number of carbonyl (C=O) groups is 4. The highest BCUT2D eigenvalue weighted by Crippen LogP contribution is 2.35. The summed E-state index contributed by atoms with van der Waals surface area (Å²) in [5, 5.41) is 0. The molecule has 0 aliphatic rings. The lowest BCUT2D eigenvalue weighted by atomic mass is 9.85. The van der Waals surface area contributed by atoms with Gasteiger partial charge in [-0.05, 0) is 118 Å². The van der Waals surface area contributed by atoms with Gasteiger partial charge in [0.1, 0.15) is 24.4 Å². The standard InChI is InChI=1S/C46H34O8/c1-29(2)43(47)51-25-21-36-13-11-35(12-14-36)17-20-39-33(9)41(24-28-54-46(50)32(7)8)42(34(10)40(39)23-27-53-45(49)31(5)6)38-18-15-37(16-19-38)22-26-52-44(48)30(3)4/h11-16,18-19H,1,3,5,7H2,2,4,6,8-10H3. The number of benzene rings is 3. The minimum absolute atomic E-state index is 0.174. The van der Waals surface area contributed by atoms with Crippen LogP contribution in [0.5, 0.6) is 0 Å². The number of rotatable bonds is 5. The normalized spacial score (nSPS) is 9.15. The van der Waals surface area contributed by atoms with Crippen molar-refractivity contribution in [3.05, 3.63) is 142 Å². The maximum atomic E-state index is 12.2. The third kappa shape index (κ3) is 11.4. The summed E-state index contributed by atoms with van der Waals surface area (Å²) in [5.74, 6) is 15.2. The molecule has 3 aromatic carbocycles. The van der Waals surface area contributed by atoms with Gasteiger partial charge in [0.25, 0.3) is 0 Å². The van der Waals surface area contributed by atoms with E-state index in [1.54, 1.807) is 55.5 Å². The number of ether oxygens (including phenoxy) is 4. The van der Waals surface area contributed by atoms with Gasteiger partial charge in [-0.1, -0.05) is 50.3 Å². The second-order valence-corrected chi connectivity index (χ2v) is 11.7. The summed E-state index contributed by atoms with van der Waals surface area (Å²) >= 11 is 0. The molecule has 8 heteroatoms. The van der Waals surface area contributed by atoms with E-state index in [0.29, 0.717) is 55.6 Å². The highest BCUT2D eigenvalue weighted by Gasteiger charge is 2.19.